The molecule has 2 aromatic rings. The van der Waals surface area contributed by atoms with Gasteiger partial charge in [0.2, 0.25) is 0 Å². The molecule has 0 saturated carbocycles. The van der Waals surface area contributed by atoms with Gasteiger partial charge in [0.1, 0.15) is 5.69 Å². The van der Waals surface area contributed by atoms with Gasteiger partial charge in [-0.2, -0.15) is 5.10 Å². The number of H-pyrrole nitrogens is 2. The zero-order valence-electron chi connectivity index (χ0n) is 13.6. The van der Waals surface area contributed by atoms with Crippen LogP contribution in [0.4, 0.5) is 0 Å². The molecule has 6 heteroatoms. The Morgan fingerprint density at radius 3 is 2.50 bits per heavy atom. The third-order valence-electron chi connectivity index (χ3n) is 3.54. The van der Waals surface area contributed by atoms with E-state index in [0.29, 0.717) is 11.3 Å². The van der Waals surface area contributed by atoms with Crippen molar-refractivity contribution in [2.24, 2.45) is 0 Å². The molecule has 0 aliphatic carbocycles. The number of carbonyl (C=O) groups is 1. The number of amides is 1. The molecule has 0 bridgehead atoms. The van der Waals surface area contributed by atoms with Gasteiger partial charge in [-0.15, -0.1) is 0 Å². The lowest BCUT2D eigenvalue weighted by atomic mass is 9.92. The highest BCUT2D eigenvalue weighted by Crippen LogP contribution is 2.20. The first-order chi connectivity index (χ1) is 10.2. The van der Waals surface area contributed by atoms with Crippen molar-refractivity contribution < 1.29 is 4.79 Å². The lowest BCUT2D eigenvalue weighted by Gasteiger charge is -2.14. The summed E-state index contributed by atoms with van der Waals surface area (Å²) in [5.41, 5.74) is 3.17. The van der Waals surface area contributed by atoms with Gasteiger partial charge in [-0.1, -0.05) is 20.8 Å². The number of rotatable bonds is 3. The summed E-state index contributed by atoms with van der Waals surface area (Å²) in [6, 6.07) is 3.62. The van der Waals surface area contributed by atoms with E-state index in [0.717, 1.165) is 17.0 Å². The van der Waals surface area contributed by atoms with Crippen molar-refractivity contribution >= 4 is 5.91 Å². The molecule has 0 saturated heterocycles. The van der Waals surface area contributed by atoms with Gasteiger partial charge in [-0.3, -0.25) is 14.7 Å². The lowest BCUT2D eigenvalue weighted by Crippen LogP contribution is -2.28. The number of pyridine rings is 1. The van der Waals surface area contributed by atoms with Crippen LogP contribution in [-0.2, 0) is 12.0 Å². The molecule has 0 atom stereocenters. The molecule has 0 aliphatic heterocycles. The third kappa shape index (κ3) is 3.44. The van der Waals surface area contributed by atoms with Crippen molar-refractivity contribution in [2.75, 3.05) is 0 Å². The van der Waals surface area contributed by atoms with Gasteiger partial charge >= 0.3 is 0 Å². The summed E-state index contributed by atoms with van der Waals surface area (Å²) in [4.78, 5) is 26.8. The predicted octanol–water partition coefficient (Wildman–Crippen LogP) is 1.94. The maximum atomic E-state index is 12.1. The van der Waals surface area contributed by atoms with Gasteiger partial charge in [-0.05, 0) is 31.5 Å². The SMILES string of the molecule is Cc1cc(C)c(CNC(=O)c2cc(C(C)(C)C)[nH]n2)c(=O)[nH]1. The van der Waals surface area contributed by atoms with E-state index >= 15 is 0 Å². The fourth-order valence-corrected chi connectivity index (χ4v) is 2.18. The van der Waals surface area contributed by atoms with E-state index in [1.54, 1.807) is 6.07 Å². The molecule has 2 aromatic heterocycles. The average molecular weight is 302 g/mol. The number of aromatic nitrogens is 3. The first kappa shape index (κ1) is 16.0. The molecule has 0 fully saturated rings. The highest BCUT2D eigenvalue weighted by atomic mass is 16.2. The van der Waals surface area contributed by atoms with Crippen LogP contribution < -0.4 is 10.9 Å². The topological polar surface area (TPSA) is 90.6 Å². The van der Waals surface area contributed by atoms with Crippen LogP contribution in [0.1, 0.15) is 53.8 Å². The normalized spacial score (nSPS) is 11.5. The fourth-order valence-electron chi connectivity index (χ4n) is 2.18. The van der Waals surface area contributed by atoms with Crippen molar-refractivity contribution in [3.8, 4) is 0 Å². The Labute approximate surface area is 129 Å². The summed E-state index contributed by atoms with van der Waals surface area (Å²) < 4.78 is 0. The van der Waals surface area contributed by atoms with Crippen LogP contribution in [0.5, 0.6) is 0 Å². The maximum absolute atomic E-state index is 12.1. The fraction of sp³-hybridized carbons (Fsp3) is 0.438. The molecule has 0 aromatic carbocycles. The number of nitrogens with zero attached hydrogens (tertiary/aromatic N) is 1. The van der Waals surface area contributed by atoms with Gasteiger partial charge in [0.25, 0.3) is 11.5 Å². The molecule has 0 unspecified atom stereocenters. The van der Waals surface area contributed by atoms with Crippen LogP contribution in [0.15, 0.2) is 16.9 Å². The van der Waals surface area contributed by atoms with Crippen molar-refractivity contribution in [3.63, 3.8) is 0 Å². The van der Waals surface area contributed by atoms with E-state index in [1.165, 1.54) is 0 Å². The Morgan fingerprint density at radius 1 is 1.27 bits per heavy atom. The summed E-state index contributed by atoms with van der Waals surface area (Å²) in [5.74, 6) is -0.300. The average Bonchev–Trinajstić information content (AvgIpc) is 2.86. The van der Waals surface area contributed by atoms with E-state index in [2.05, 4.69) is 20.5 Å². The van der Waals surface area contributed by atoms with Gasteiger partial charge in [-0.25, -0.2) is 0 Å². The molecule has 0 spiro atoms. The second-order valence-electron chi connectivity index (χ2n) is 6.54. The van der Waals surface area contributed by atoms with E-state index in [4.69, 9.17) is 0 Å². The number of hydrogen-bond donors (Lipinski definition) is 3. The molecule has 118 valence electrons. The Hall–Kier alpha value is -2.37. The largest absolute Gasteiger partial charge is 0.346 e. The monoisotopic (exact) mass is 302 g/mol. The van der Waals surface area contributed by atoms with E-state index in [1.807, 2.05) is 40.7 Å². The zero-order valence-corrected chi connectivity index (χ0v) is 13.6. The molecule has 22 heavy (non-hydrogen) atoms. The zero-order chi connectivity index (χ0) is 16.5. The number of carbonyl (C=O) groups excluding carboxylic acids is 1. The highest BCUT2D eigenvalue weighted by molar-refractivity contribution is 5.92. The number of hydrogen-bond acceptors (Lipinski definition) is 3. The molecule has 0 aliphatic rings. The first-order valence-electron chi connectivity index (χ1n) is 7.22. The maximum Gasteiger partial charge on any atom is 0.272 e. The van der Waals surface area contributed by atoms with Crippen molar-refractivity contribution in [3.05, 3.63) is 50.7 Å². The minimum absolute atomic E-state index is 0.101. The smallest absolute Gasteiger partial charge is 0.272 e. The van der Waals surface area contributed by atoms with Gasteiger partial charge in [0, 0.05) is 28.9 Å². The van der Waals surface area contributed by atoms with Crippen molar-refractivity contribution in [2.45, 2.75) is 46.6 Å². The Kier molecular flexibility index (Phi) is 4.21. The number of aryl methyl sites for hydroxylation is 2. The minimum atomic E-state index is -0.300. The summed E-state index contributed by atoms with van der Waals surface area (Å²) in [5, 5.41) is 9.65. The Morgan fingerprint density at radius 2 is 1.95 bits per heavy atom. The molecule has 1 amide bonds. The summed E-state index contributed by atoms with van der Waals surface area (Å²) >= 11 is 0. The van der Waals surface area contributed by atoms with E-state index in [9.17, 15) is 9.59 Å². The summed E-state index contributed by atoms with van der Waals surface area (Å²) in [7, 11) is 0. The van der Waals surface area contributed by atoms with Crippen molar-refractivity contribution in [1.29, 1.82) is 0 Å². The standard InChI is InChI=1S/C16H22N4O2/c1-9-6-10(2)18-14(21)11(9)8-17-15(22)12-7-13(20-19-12)16(3,4)5/h6-7H,8H2,1-5H3,(H,17,22)(H,18,21)(H,19,20). The van der Waals surface area contributed by atoms with Gasteiger partial charge in [0.15, 0.2) is 0 Å². The third-order valence-corrected chi connectivity index (χ3v) is 3.54. The summed E-state index contributed by atoms with van der Waals surface area (Å²) in [6.07, 6.45) is 0. The Bertz CT molecular complexity index is 750. The van der Waals surface area contributed by atoms with E-state index < -0.39 is 0 Å². The van der Waals surface area contributed by atoms with Gasteiger partial charge < -0.3 is 10.3 Å². The van der Waals surface area contributed by atoms with Crippen LogP contribution in [0.25, 0.3) is 0 Å². The van der Waals surface area contributed by atoms with Crippen molar-refractivity contribution in [1.82, 2.24) is 20.5 Å². The molecule has 0 radical (unpaired) electrons. The molecule has 3 N–H and O–H groups in total. The molecular weight excluding hydrogens is 280 g/mol. The second kappa shape index (κ2) is 5.79. The van der Waals surface area contributed by atoms with Crippen LogP contribution in [0.3, 0.4) is 0 Å². The molecule has 2 heterocycles. The molecular formula is C16H22N4O2. The molecule has 6 nitrogen and oxygen atoms in total. The van der Waals surface area contributed by atoms with Crippen LogP contribution in [0, 0.1) is 13.8 Å². The first-order valence-corrected chi connectivity index (χ1v) is 7.22. The second-order valence-corrected chi connectivity index (χ2v) is 6.54. The van der Waals surface area contributed by atoms with Gasteiger partial charge in [0.05, 0.1) is 0 Å². The van der Waals surface area contributed by atoms with Crippen LogP contribution in [-0.4, -0.2) is 21.1 Å². The quantitative estimate of drug-likeness (QED) is 0.809. The highest BCUT2D eigenvalue weighted by Gasteiger charge is 2.19. The number of aromatic amines is 2. The van der Waals surface area contributed by atoms with Crippen LogP contribution in [0.2, 0.25) is 0 Å². The number of nitrogens with one attached hydrogen (secondary N) is 3. The molecule has 2 rings (SSSR count). The van der Waals surface area contributed by atoms with Crippen LogP contribution >= 0.6 is 0 Å². The summed E-state index contributed by atoms with van der Waals surface area (Å²) in [6.45, 7) is 9.98. The van der Waals surface area contributed by atoms with E-state index in [-0.39, 0.29) is 23.4 Å². The minimum Gasteiger partial charge on any atom is -0.346 e. The lowest BCUT2D eigenvalue weighted by molar-refractivity contribution is 0.0945. The predicted molar refractivity (Wildman–Crippen MR) is 85.0 cm³/mol. The Balaban J connectivity index is 2.11.